The first-order valence-corrected chi connectivity index (χ1v) is 5.47. The molecule has 16 heavy (non-hydrogen) atoms. The molecule has 0 unspecified atom stereocenters. The van der Waals surface area contributed by atoms with Gasteiger partial charge in [0.25, 0.3) is 5.91 Å². The van der Waals surface area contributed by atoms with Crippen molar-refractivity contribution >= 4 is 17.5 Å². The molecule has 1 aliphatic carbocycles. The summed E-state index contributed by atoms with van der Waals surface area (Å²) in [5.41, 5.74) is 2.66. The topological polar surface area (TPSA) is 90.8 Å². The van der Waals surface area contributed by atoms with Crippen molar-refractivity contribution in [3.63, 3.8) is 0 Å². The first-order valence-electron chi connectivity index (χ1n) is 5.47. The molecule has 2 rings (SSSR count). The Hall–Kier alpha value is -1.43. The molecule has 0 aromatic carbocycles. The summed E-state index contributed by atoms with van der Waals surface area (Å²) in [6.07, 6.45) is 2.01. The van der Waals surface area contributed by atoms with E-state index in [9.17, 15) is 9.59 Å². The molecule has 0 spiro atoms. The van der Waals surface area contributed by atoms with E-state index >= 15 is 0 Å². The van der Waals surface area contributed by atoms with E-state index in [1.54, 1.807) is 0 Å². The lowest BCUT2D eigenvalue weighted by Crippen LogP contribution is -2.42. The van der Waals surface area contributed by atoms with Crippen LogP contribution in [0.1, 0.15) is 25.7 Å². The zero-order valence-electron chi connectivity index (χ0n) is 8.90. The minimum Gasteiger partial charge on any atom is -0.393 e. The summed E-state index contributed by atoms with van der Waals surface area (Å²) < 4.78 is 0. The molecule has 1 fully saturated rings. The molecule has 0 saturated heterocycles. The molecule has 1 aliphatic heterocycles. The Morgan fingerprint density at radius 3 is 2.81 bits per heavy atom. The molecule has 0 aromatic rings. The molecule has 1 heterocycles. The lowest BCUT2D eigenvalue weighted by Gasteiger charge is -2.31. The fourth-order valence-corrected chi connectivity index (χ4v) is 1.84. The summed E-state index contributed by atoms with van der Waals surface area (Å²) in [6, 6.07) is 0. The Morgan fingerprint density at radius 1 is 1.50 bits per heavy atom. The van der Waals surface area contributed by atoms with Gasteiger partial charge >= 0.3 is 0 Å². The minimum absolute atomic E-state index is 0.154. The van der Waals surface area contributed by atoms with Crippen LogP contribution in [-0.2, 0) is 9.59 Å². The Balaban J connectivity index is 1.73. The maximum absolute atomic E-state index is 11.6. The summed E-state index contributed by atoms with van der Waals surface area (Å²) in [4.78, 5) is 22.4. The van der Waals surface area contributed by atoms with Gasteiger partial charge in [-0.3, -0.25) is 9.59 Å². The number of nitrogens with zero attached hydrogens (tertiary/aromatic N) is 1. The van der Waals surface area contributed by atoms with Gasteiger partial charge < -0.3 is 10.4 Å². The van der Waals surface area contributed by atoms with Crippen LogP contribution < -0.4 is 10.7 Å². The van der Waals surface area contributed by atoms with Gasteiger partial charge in [-0.05, 0) is 18.8 Å². The number of amides is 2. The first kappa shape index (κ1) is 11.1. The Kier molecular flexibility index (Phi) is 3.19. The zero-order valence-corrected chi connectivity index (χ0v) is 8.90. The average molecular weight is 225 g/mol. The molecular weight excluding hydrogens is 210 g/mol. The van der Waals surface area contributed by atoms with Crippen molar-refractivity contribution in [2.75, 3.05) is 6.54 Å². The highest BCUT2D eigenvalue weighted by Gasteiger charge is 2.28. The fourth-order valence-electron chi connectivity index (χ4n) is 1.84. The van der Waals surface area contributed by atoms with E-state index in [2.05, 4.69) is 15.8 Å². The van der Waals surface area contributed by atoms with E-state index in [0.29, 0.717) is 31.0 Å². The molecule has 0 aromatic heterocycles. The summed E-state index contributed by atoms with van der Waals surface area (Å²) in [7, 11) is 0. The van der Waals surface area contributed by atoms with E-state index < -0.39 is 0 Å². The largest absolute Gasteiger partial charge is 0.393 e. The van der Waals surface area contributed by atoms with Crippen LogP contribution >= 0.6 is 0 Å². The monoisotopic (exact) mass is 225 g/mol. The molecule has 0 bridgehead atoms. The Labute approximate surface area is 93.1 Å². The highest BCUT2D eigenvalue weighted by atomic mass is 16.3. The third kappa shape index (κ3) is 2.57. The lowest BCUT2D eigenvalue weighted by molar-refractivity contribution is -0.121. The van der Waals surface area contributed by atoms with Crippen molar-refractivity contribution in [3.8, 4) is 0 Å². The standard InChI is InChI=1S/C10H15N3O3/c14-7-3-6(4-7)5-11-10(16)8-1-2-9(15)13-12-8/h6-7,14H,1-5H2,(H,11,16)(H,13,15). The van der Waals surface area contributed by atoms with Gasteiger partial charge in [0, 0.05) is 19.4 Å². The number of hydrogen-bond donors (Lipinski definition) is 3. The average Bonchev–Trinajstić information content (AvgIpc) is 2.23. The smallest absolute Gasteiger partial charge is 0.267 e. The van der Waals surface area contributed by atoms with Crippen LogP contribution in [0, 0.1) is 5.92 Å². The van der Waals surface area contributed by atoms with Crippen LogP contribution in [0.25, 0.3) is 0 Å². The van der Waals surface area contributed by atoms with Crippen LogP contribution in [0.15, 0.2) is 5.10 Å². The van der Waals surface area contributed by atoms with Crippen molar-refractivity contribution in [3.05, 3.63) is 0 Å². The number of aliphatic hydroxyl groups excluding tert-OH is 1. The second-order valence-corrected chi connectivity index (χ2v) is 4.29. The fraction of sp³-hybridized carbons (Fsp3) is 0.700. The van der Waals surface area contributed by atoms with Gasteiger partial charge in [0.15, 0.2) is 0 Å². The van der Waals surface area contributed by atoms with Gasteiger partial charge in [-0.25, -0.2) is 5.43 Å². The minimum atomic E-state index is -0.221. The van der Waals surface area contributed by atoms with Gasteiger partial charge in [0.2, 0.25) is 5.91 Å². The van der Waals surface area contributed by atoms with Crippen molar-refractivity contribution in [2.24, 2.45) is 11.0 Å². The van der Waals surface area contributed by atoms with Gasteiger partial charge in [-0.1, -0.05) is 0 Å². The van der Waals surface area contributed by atoms with Crippen LogP contribution in [0.3, 0.4) is 0 Å². The van der Waals surface area contributed by atoms with E-state index in [4.69, 9.17) is 5.11 Å². The van der Waals surface area contributed by atoms with E-state index in [-0.39, 0.29) is 17.9 Å². The van der Waals surface area contributed by atoms with Gasteiger partial charge in [0.1, 0.15) is 5.71 Å². The van der Waals surface area contributed by atoms with Gasteiger partial charge in [-0.15, -0.1) is 0 Å². The van der Waals surface area contributed by atoms with Crippen LogP contribution in [-0.4, -0.2) is 35.3 Å². The molecular formula is C10H15N3O3. The third-order valence-electron chi connectivity index (χ3n) is 2.93. The summed E-state index contributed by atoms with van der Waals surface area (Å²) in [5.74, 6) is -0.00205. The zero-order chi connectivity index (χ0) is 11.5. The Morgan fingerprint density at radius 2 is 2.25 bits per heavy atom. The summed E-state index contributed by atoms with van der Waals surface area (Å²) >= 11 is 0. The summed E-state index contributed by atoms with van der Waals surface area (Å²) in [5, 5.41) is 15.5. The predicted octanol–water partition coefficient (Wildman–Crippen LogP) is -0.860. The van der Waals surface area contributed by atoms with Gasteiger partial charge in [0.05, 0.1) is 6.10 Å². The number of hydrazone groups is 1. The lowest BCUT2D eigenvalue weighted by atomic mass is 9.82. The Bertz CT molecular complexity index is 334. The molecule has 6 nitrogen and oxygen atoms in total. The van der Waals surface area contributed by atoms with Crippen molar-refractivity contribution in [2.45, 2.75) is 31.8 Å². The number of nitrogens with one attached hydrogen (secondary N) is 2. The van der Waals surface area contributed by atoms with E-state index in [1.807, 2.05) is 0 Å². The predicted molar refractivity (Wildman–Crippen MR) is 56.6 cm³/mol. The van der Waals surface area contributed by atoms with E-state index in [0.717, 1.165) is 12.8 Å². The summed E-state index contributed by atoms with van der Waals surface area (Å²) in [6.45, 7) is 0.572. The number of hydrogen-bond acceptors (Lipinski definition) is 4. The molecule has 0 radical (unpaired) electrons. The number of aliphatic hydroxyl groups is 1. The quantitative estimate of drug-likeness (QED) is 0.583. The van der Waals surface area contributed by atoms with Gasteiger partial charge in [-0.2, -0.15) is 5.10 Å². The third-order valence-corrected chi connectivity index (χ3v) is 2.93. The number of carbonyl (C=O) groups excluding carboxylic acids is 2. The van der Waals surface area contributed by atoms with Crippen LogP contribution in [0.2, 0.25) is 0 Å². The molecule has 0 atom stereocenters. The van der Waals surface area contributed by atoms with Crippen molar-refractivity contribution in [1.29, 1.82) is 0 Å². The molecule has 2 amide bonds. The SMILES string of the molecule is O=C1CCC(C(=O)NCC2CC(O)C2)=NN1. The van der Waals surface area contributed by atoms with E-state index in [1.165, 1.54) is 0 Å². The normalized spacial score (nSPS) is 28.8. The molecule has 3 N–H and O–H groups in total. The highest BCUT2D eigenvalue weighted by Crippen LogP contribution is 2.26. The molecule has 1 saturated carbocycles. The maximum atomic E-state index is 11.6. The van der Waals surface area contributed by atoms with Crippen LogP contribution in [0.4, 0.5) is 0 Å². The van der Waals surface area contributed by atoms with Crippen molar-refractivity contribution < 1.29 is 14.7 Å². The number of carbonyl (C=O) groups is 2. The molecule has 2 aliphatic rings. The van der Waals surface area contributed by atoms with Crippen molar-refractivity contribution in [1.82, 2.24) is 10.7 Å². The molecule has 6 heteroatoms. The maximum Gasteiger partial charge on any atom is 0.267 e. The molecule has 88 valence electrons. The van der Waals surface area contributed by atoms with Crippen LogP contribution in [0.5, 0.6) is 0 Å². The highest BCUT2D eigenvalue weighted by molar-refractivity contribution is 6.39. The number of rotatable bonds is 3. The second-order valence-electron chi connectivity index (χ2n) is 4.29. The second kappa shape index (κ2) is 4.61. The first-order chi connectivity index (χ1) is 7.65.